The smallest absolute Gasteiger partial charge is 0.253 e. The van der Waals surface area contributed by atoms with Gasteiger partial charge in [0.1, 0.15) is 18.3 Å². The molecule has 35 heavy (non-hydrogen) atoms. The van der Waals surface area contributed by atoms with E-state index in [0.717, 1.165) is 57.4 Å². The van der Waals surface area contributed by atoms with E-state index in [4.69, 9.17) is 16.3 Å². The van der Waals surface area contributed by atoms with Crippen molar-refractivity contribution in [1.29, 1.82) is 0 Å². The van der Waals surface area contributed by atoms with Crippen LogP contribution in [0.25, 0.3) is 0 Å². The fourth-order valence-corrected chi connectivity index (χ4v) is 5.50. The van der Waals surface area contributed by atoms with Crippen molar-refractivity contribution in [1.82, 2.24) is 4.90 Å². The summed E-state index contributed by atoms with van der Waals surface area (Å²) in [5.41, 5.74) is 2.57. The van der Waals surface area contributed by atoms with E-state index in [2.05, 4.69) is 10.2 Å². The monoisotopic (exact) mass is 496 g/mol. The van der Waals surface area contributed by atoms with E-state index in [1.807, 2.05) is 17.0 Å². The number of benzene rings is 2. The van der Waals surface area contributed by atoms with Crippen LogP contribution in [0, 0.1) is 0 Å². The van der Waals surface area contributed by atoms with Crippen LogP contribution in [-0.2, 0) is 9.59 Å². The number of carbonyl (C=O) groups is 3. The van der Waals surface area contributed by atoms with Gasteiger partial charge < -0.3 is 19.9 Å². The van der Waals surface area contributed by atoms with Crippen LogP contribution in [0.4, 0.5) is 17.1 Å². The van der Waals surface area contributed by atoms with Crippen LogP contribution in [0.5, 0.6) is 5.75 Å². The summed E-state index contributed by atoms with van der Waals surface area (Å²) < 4.78 is 5.16. The van der Waals surface area contributed by atoms with Crippen molar-refractivity contribution in [3.8, 4) is 5.75 Å². The number of halogens is 1. The third-order valence-electron chi connectivity index (χ3n) is 7.01. The van der Waals surface area contributed by atoms with Crippen molar-refractivity contribution >= 4 is 46.4 Å². The first-order valence-corrected chi connectivity index (χ1v) is 12.5. The molecule has 0 radical (unpaired) electrons. The van der Waals surface area contributed by atoms with Gasteiger partial charge in [0.2, 0.25) is 11.8 Å². The number of rotatable bonds is 5. The minimum Gasteiger partial charge on any atom is -0.495 e. The molecular formula is C26H29ClN4O4. The number of anilines is 3. The Hall–Kier alpha value is -3.26. The predicted octanol–water partition coefficient (Wildman–Crippen LogP) is 3.93. The van der Waals surface area contributed by atoms with Crippen LogP contribution in [0.15, 0.2) is 36.4 Å². The predicted molar refractivity (Wildman–Crippen MR) is 136 cm³/mol. The molecule has 0 spiro atoms. The number of nitrogens with one attached hydrogen (secondary N) is 1. The average molecular weight is 497 g/mol. The second-order valence-corrected chi connectivity index (χ2v) is 9.64. The second-order valence-electron chi connectivity index (χ2n) is 9.23. The third-order valence-corrected chi connectivity index (χ3v) is 7.30. The van der Waals surface area contributed by atoms with Crippen LogP contribution in [0.2, 0.25) is 5.02 Å². The zero-order valence-electron chi connectivity index (χ0n) is 19.8. The Labute approximate surface area is 209 Å². The van der Waals surface area contributed by atoms with Gasteiger partial charge in [0, 0.05) is 30.9 Å². The van der Waals surface area contributed by atoms with Crippen molar-refractivity contribution in [3.05, 3.63) is 47.0 Å². The molecule has 0 saturated carbocycles. The Morgan fingerprint density at radius 2 is 1.80 bits per heavy atom. The lowest BCUT2D eigenvalue weighted by atomic mass is 9.95. The van der Waals surface area contributed by atoms with Gasteiger partial charge in [-0.25, -0.2) is 0 Å². The summed E-state index contributed by atoms with van der Waals surface area (Å²) in [5.74, 6) is 0.0325. The molecule has 2 aromatic carbocycles. The Morgan fingerprint density at radius 3 is 2.54 bits per heavy atom. The van der Waals surface area contributed by atoms with E-state index in [-0.39, 0.29) is 30.3 Å². The highest BCUT2D eigenvalue weighted by Gasteiger charge is 2.40. The van der Waals surface area contributed by atoms with Gasteiger partial charge in [-0.3, -0.25) is 19.3 Å². The van der Waals surface area contributed by atoms with Gasteiger partial charge >= 0.3 is 0 Å². The molecule has 2 aromatic rings. The van der Waals surface area contributed by atoms with Crippen molar-refractivity contribution in [3.63, 3.8) is 0 Å². The summed E-state index contributed by atoms with van der Waals surface area (Å²) in [6.45, 7) is 2.13. The molecule has 3 amide bonds. The highest BCUT2D eigenvalue weighted by molar-refractivity contribution is 6.32. The Balaban J connectivity index is 1.43. The fraction of sp³-hybridized carbons (Fsp3) is 0.423. The van der Waals surface area contributed by atoms with Crippen molar-refractivity contribution < 1.29 is 19.1 Å². The lowest BCUT2D eigenvalue weighted by molar-refractivity contribution is -0.123. The van der Waals surface area contributed by atoms with Gasteiger partial charge in [-0.15, -0.1) is 0 Å². The zero-order valence-corrected chi connectivity index (χ0v) is 20.5. The molecular weight excluding hydrogens is 468 g/mol. The Bertz CT molecular complexity index is 1160. The number of likely N-dealkylation sites (tertiary alicyclic amines) is 1. The molecule has 1 N–H and O–H groups in total. The molecule has 1 atom stereocenters. The summed E-state index contributed by atoms with van der Waals surface area (Å²) in [4.78, 5) is 45.1. The van der Waals surface area contributed by atoms with E-state index < -0.39 is 0 Å². The summed E-state index contributed by atoms with van der Waals surface area (Å²) in [6.07, 6.45) is 4.74. The zero-order chi connectivity index (χ0) is 24.5. The van der Waals surface area contributed by atoms with Crippen LogP contribution in [-0.4, -0.2) is 62.0 Å². The van der Waals surface area contributed by atoms with E-state index in [9.17, 15) is 14.4 Å². The van der Waals surface area contributed by atoms with Gasteiger partial charge in [-0.2, -0.15) is 0 Å². The third kappa shape index (κ3) is 4.55. The first-order chi connectivity index (χ1) is 17.0. The lowest BCUT2D eigenvalue weighted by Gasteiger charge is -2.45. The van der Waals surface area contributed by atoms with E-state index in [1.165, 1.54) is 12.0 Å². The maximum atomic E-state index is 13.6. The van der Waals surface area contributed by atoms with Crippen LogP contribution < -0.4 is 19.9 Å². The molecule has 3 heterocycles. The van der Waals surface area contributed by atoms with Crippen molar-refractivity contribution in [2.45, 2.75) is 38.1 Å². The van der Waals surface area contributed by atoms with Gasteiger partial charge in [-0.05, 0) is 68.5 Å². The molecule has 1 unspecified atom stereocenters. The Morgan fingerprint density at radius 1 is 1.03 bits per heavy atom. The minimum absolute atomic E-state index is 0.0317. The second kappa shape index (κ2) is 9.77. The number of methoxy groups -OCH3 is 1. The standard InChI is InChI=1S/C26H29ClN4O4/c1-35-23-10-8-18(15-19(23)27)28-24(32)16-31-22-14-17(25(33)29-11-4-5-12-29)7-9-20(22)30-13-3-2-6-21(30)26(31)34/h7-10,14-15,21H,2-6,11-13,16H2,1H3,(H,28,32). The number of hydrogen-bond donors (Lipinski definition) is 1. The highest BCUT2D eigenvalue weighted by Crippen LogP contribution is 2.40. The normalized spacial score (nSPS) is 19.3. The van der Waals surface area contributed by atoms with Gasteiger partial charge in [0.25, 0.3) is 5.91 Å². The first-order valence-electron chi connectivity index (χ1n) is 12.1. The molecule has 8 nitrogen and oxygen atoms in total. The van der Waals surface area contributed by atoms with Crippen molar-refractivity contribution in [2.75, 3.05) is 48.4 Å². The number of amides is 3. The summed E-state index contributed by atoms with van der Waals surface area (Å²) in [7, 11) is 1.52. The number of nitrogens with zero attached hydrogens (tertiary/aromatic N) is 3. The molecule has 2 saturated heterocycles. The molecule has 2 fully saturated rings. The number of hydrogen-bond acceptors (Lipinski definition) is 5. The largest absolute Gasteiger partial charge is 0.495 e. The molecule has 3 aliphatic heterocycles. The maximum absolute atomic E-state index is 13.6. The van der Waals surface area contributed by atoms with E-state index in [1.54, 1.807) is 24.3 Å². The van der Waals surface area contributed by atoms with Gasteiger partial charge in [0.05, 0.1) is 23.5 Å². The summed E-state index contributed by atoms with van der Waals surface area (Å²) in [6, 6.07) is 10.2. The molecule has 0 aromatic heterocycles. The molecule has 0 aliphatic carbocycles. The van der Waals surface area contributed by atoms with Gasteiger partial charge in [-0.1, -0.05) is 11.6 Å². The highest BCUT2D eigenvalue weighted by atomic mass is 35.5. The quantitative estimate of drug-likeness (QED) is 0.678. The van der Waals surface area contributed by atoms with Gasteiger partial charge in [0.15, 0.2) is 0 Å². The minimum atomic E-state index is -0.342. The van der Waals surface area contributed by atoms with E-state index in [0.29, 0.717) is 27.7 Å². The Kier molecular flexibility index (Phi) is 6.56. The lowest BCUT2D eigenvalue weighted by Crippen LogP contribution is -2.56. The maximum Gasteiger partial charge on any atom is 0.253 e. The van der Waals surface area contributed by atoms with Crippen LogP contribution >= 0.6 is 11.6 Å². The van der Waals surface area contributed by atoms with Crippen molar-refractivity contribution in [2.24, 2.45) is 0 Å². The fourth-order valence-electron chi connectivity index (χ4n) is 5.24. The summed E-state index contributed by atoms with van der Waals surface area (Å²) >= 11 is 6.19. The number of piperidine rings is 1. The number of ether oxygens (including phenoxy) is 1. The van der Waals surface area contributed by atoms with Crippen LogP contribution in [0.1, 0.15) is 42.5 Å². The summed E-state index contributed by atoms with van der Waals surface area (Å²) in [5, 5.41) is 3.21. The topological polar surface area (TPSA) is 82.2 Å². The molecule has 3 aliphatic rings. The molecule has 184 valence electrons. The van der Waals surface area contributed by atoms with Crippen LogP contribution in [0.3, 0.4) is 0 Å². The van der Waals surface area contributed by atoms with E-state index >= 15 is 0 Å². The first kappa shape index (κ1) is 23.5. The molecule has 5 rings (SSSR count). The SMILES string of the molecule is COc1ccc(NC(=O)CN2C(=O)C3CCCCN3c3ccc(C(=O)N4CCCC4)cc32)cc1Cl. The number of fused-ring (bicyclic) bond motifs is 3. The average Bonchev–Trinajstić information content (AvgIpc) is 3.41. The molecule has 9 heteroatoms. The molecule has 0 bridgehead atoms. The number of carbonyl (C=O) groups excluding carboxylic acids is 3.